The minimum absolute atomic E-state index is 0.873. The Hall–Kier alpha value is -0.0400. The van der Waals surface area contributed by atoms with Crippen LogP contribution in [0.5, 0.6) is 0 Å². The zero-order valence-corrected chi connectivity index (χ0v) is 18.0. The molecule has 0 bridgehead atoms. The number of unbranched alkanes of at least 4 members (excludes halogenated alkanes) is 16. The molecule has 25 heavy (non-hydrogen) atoms. The van der Waals surface area contributed by atoms with Crippen LogP contribution in [0.25, 0.3) is 0 Å². The van der Waals surface area contributed by atoms with Gasteiger partial charge in [-0.2, -0.15) is 0 Å². The van der Waals surface area contributed by atoms with Gasteiger partial charge in [0.1, 0.15) is 0 Å². The summed E-state index contributed by atoms with van der Waals surface area (Å²) in [5.74, 6) is 0.996. The smallest absolute Gasteiger partial charge is 0.00773 e. The van der Waals surface area contributed by atoms with Crippen molar-refractivity contribution in [1.82, 2.24) is 0 Å². The van der Waals surface area contributed by atoms with Crippen molar-refractivity contribution in [1.29, 1.82) is 0 Å². The molecule has 0 fully saturated rings. The molecule has 0 aliphatic heterocycles. The molecule has 0 saturated heterocycles. The van der Waals surface area contributed by atoms with Gasteiger partial charge in [-0.15, -0.1) is 0 Å². The fraction of sp³-hybridized carbons (Fsp3) is 1.00. The quantitative estimate of drug-likeness (QED) is 0.206. The molecule has 1 nitrogen and oxygen atoms in total. The summed E-state index contributed by atoms with van der Waals surface area (Å²) in [4.78, 5) is 0. The van der Waals surface area contributed by atoms with Gasteiger partial charge in [-0.1, -0.05) is 136 Å². The van der Waals surface area contributed by atoms with Crippen molar-refractivity contribution in [3.8, 4) is 0 Å². The second-order valence-corrected chi connectivity index (χ2v) is 8.27. The summed E-state index contributed by atoms with van der Waals surface area (Å²) in [6.07, 6.45) is 28.8. The van der Waals surface area contributed by atoms with Crippen molar-refractivity contribution < 1.29 is 0 Å². The minimum atomic E-state index is 0.873. The highest BCUT2D eigenvalue weighted by Crippen LogP contribution is 2.18. The first kappa shape index (κ1) is 25.0. The topological polar surface area (TPSA) is 26.0 Å². The van der Waals surface area contributed by atoms with Gasteiger partial charge in [0.25, 0.3) is 0 Å². The van der Waals surface area contributed by atoms with E-state index < -0.39 is 0 Å². The summed E-state index contributed by atoms with van der Waals surface area (Å²) < 4.78 is 0. The molecule has 0 rings (SSSR count). The molecule has 0 unspecified atom stereocenters. The van der Waals surface area contributed by atoms with Gasteiger partial charge < -0.3 is 5.73 Å². The third-order valence-corrected chi connectivity index (χ3v) is 5.97. The molecular formula is C24H51N. The van der Waals surface area contributed by atoms with Gasteiger partial charge in [-0.3, -0.25) is 0 Å². The predicted molar refractivity (Wildman–Crippen MR) is 116 cm³/mol. The molecule has 0 saturated carbocycles. The van der Waals surface area contributed by atoms with Crippen LogP contribution < -0.4 is 5.73 Å². The third-order valence-electron chi connectivity index (χ3n) is 5.97. The van der Waals surface area contributed by atoms with Crippen molar-refractivity contribution in [2.24, 2.45) is 11.7 Å². The lowest BCUT2D eigenvalue weighted by Gasteiger charge is -2.11. The lowest BCUT2D eigenvalue weighted by Crippen LogP contribution is -1.97. The second kappa shape index (κ2) is 22.0. The normalized spacial score (nSPS) is 11.5. The Bertz CT molecular complexity index is 222. The van der Waals surface area contributed by atoms with Crippen LogP contribution in [0, 0.1) is 5.92 Å². The summed E-state index contributed by atoms with van der Waals surface area (Å²) in [6.45, 7) is 5.57. The standard InChI is InChI=1S/C24H51N/c1-3-24(4-2)22-20-18-16-14-12-10-8-6-5-7-9-11-13-15-17-19-21-23-25/h24H,3-23,25H2,1-2H3. The Morgan fingerprint density at radius 1 is 0.440 bits per heavy atom. The molecule has 0 atom stereocenters. The Morgan fingerprint density at radius 3 is 1.00 bits per heavy atom. The first-order valence-electron chi connectivity index (χ1n) is 12.0. The van der Waals surface area contributed by atoms with Gasteiger partial charge in [0.15, 0.2) is 0 Å². The fourth-order valence-electron chi connectivity index (χ4n) is 3.93. The SMILES string of the molecule is CCC(CC)CCCCCCCCCCCCCCCCCCCN. The monoisotopic (exact) mass is 353 g/mol. The van der Waals surface area contributed by atoms with Crippen LogP contribution in [0.15, 0.2) is 0 Å². The summed E-state index contributed by atoms with van der Waals surface area (Å²) in [5.41, 5.74) is 5.51. The Labute approximate surface area is 160 Å². The van der Waals surface area contributed by atoms with E-state index in [0.29, 0.717) is 0 Å². The zero-order valence-electron chi connectivity index (χ0n) is 18.0. The first-order chi connectivity index (χ1) is 12.3. The van der Waals surface area contributed by atoms with E-state index in [4.69, 9.17) is 5.73 Å². The summed E-state index contributed by atoms with van der Waals surface area (Å²) in [7, 11) is 0. The van der Waals surface area contributed by atoms with E-state index in [2.05, 4.69) is 13.8 Å². The largest absolute Gasteiger partial charge is 0.330 e. The van der Waals surface area contributed by atoms with Crippen molar-refractivity contribution >= 4 is 0 Å². The fourth-order valence-corrected chi connectivity index (χ4v) is 3.93. The van der Waals surface area contributed by atoms with Crippen LogP contribution in [0.1, 0.15) is 142 Å². The second-order valence-electron chi connectivity index (χ2n) is 8.27. The molecule has 0 aromatic rings. The predicted octanol–water partition coefficient (Wildman–Crippen LogP) is 8.40. The van der Waals surface area contributed by atoms with Crippen molar-refractivity contribution in [3.63, 3.8) is 0 Å². The van der Waals surface area contributed by atoms with Crippen LogP contribution in [-0.2, 0) is 0 Å². The maximum atomic E-state index is 5.51. The van der Waals surface area contributed by atoms with Crippen molar-refractivity contribution in [2.45, 2.75) is 142 Å². The number of rotatable bonds is 21. The molecule has 0 amide bonds. The molecule has 0 aromatic heterocycles. The van der Waals surface area contributed by atoms with Gasteiger partial charge in [-0.05, 0) is 18.9 Å². The highest BCUT2D eigenvalue weighted by atomic mass is 14.5. The summed E-state index contributed by atoms with van der Waals surface area (Å²) >= 11 is 0. The Balaban J connectivity index is 3.03. The molecule has 0 aliphatic carbocycles. The summed E-state index contributed by atoms with van der Waals surface area (Å²) in [6, 6.07) is 0. The van der Waals surface area contributed by atoms with Gasteiger partial charge in [0.05, 0.1) is 0 Å². The minimum Gasteiger partial charge on any atom is -0.330 e. The maximum absolute atomic E-state index is 5.51. The summed E-state index contributed by atoms with van der Waals surface area (Å²) in [5, 5.41) is 0. The molecule has 0 aliphatic rings. The van der Waals surface area contributed by atoms with Crippen molar-refractivity contribution in [3.05, 3.63) is 0 Å². The first-order valence-corrected chi connectivity index (χ1v) is 12.0. The van der Waals surface area contributed by atoms with E-state index in [-0.39, 0.29) is 0 Å². The van der Waals surface area contributed by atoms with Gasteiger partial charge in [0.2, 0.25) is 0 Å². The molecule has 0 aromatic carbocycles. The molecule has 0 spiro atoms. The number of nitrogens with two attached hydrogens (primary N) is 1. The van der Waals surface area contributed by atoms with E-state index in [0.717, 1.165) is 12.5 Å². The highest BCUT2D eigenvalue weighted by molar-refractivity contribution is 4.55. The van der Waals surface area contributed by atoms with E-state index >= 15 is 0 Å². The average molecular weight is 354 g/mol. The van der Waals surface area contributed by atoms with Crippen molar-refractivity contribution in [2.75, 3.05) is 6.54 Å². The Morgan fingerprint density at radius 2 is 0.720 bits per heavy atom. The molecule has 0 heterocycles. The molecule has 1 heteroatoms. The average Bonchev–Trinajstić information content (AvgIpc) is 2.64. The zero-order chi connectivity index (χ0) is 18.4. The van der Waals surface area contributed by atoms with Gasteiger partial charge in [0, 0.05) is 0 Å². The van der Waals surface area contributed by atoms with Crippen LogP contribution in [0.4, 0.5) is 0 Å². The van der Waals surface area contributed by atoms with Crippen LogP contribution in [0.2, 0.25) is 0 Å². The Kier molecular flexibility index (Phi) is 22.0. The van der Waals surface area contributed by atoms with Crippen LogP contribution >= 0.6 is 0 Å². The lowest BCUT2D eigenvalue weighted by atomic mass is 9.95. The number of hydrogen-bond donors (Lipinski definition) is 1. The van der Waals surface area contributed by atoms with Gasteiger partial charge in [-0.25, -0.2) is 0 Å². The molecule has 0 radical (unpaired) electrons. The van der Waals surface area contributed by atoms with Crippen LogP contribution in [0.3, 0.4) is 0 Å². The molecule has 2 N–H and O–H groups in total. The molecule has 152 valence electrons. The van der Waals surface area contributed by atoms with E-state index in [1.165, 1.54) is 128 Å². The van der Waals surface area contributed by atoms with E-state index in [1.54, 1.807) is 0 Å². The maximum Gasteiger partial charge on any atom is -0.00773 e. The third kappa shape index (κ3) is 20.1. The number of hydrogen-bond acceptors (Lipinski definition) is 1. The van der Waals surface area contributed by atoms with Gasteiger partial charge >= 0.3 is 0 Å². The van der Waals surface area contributed by atoms with E-state index in [9.17, 15) is 0 Å². The lowest BCUT2D eigenvalue weighted by molar-refractivity contribution is 0.426. The van der Waals surface area contributed by atoms with E-state index in [1.807, 2.05) is 0 Å². The van der Waals surface area contributed by atoms with Crippen LogP contribution in [-0.4, -0.2) is 6.54 Å². The highest BCUT2D eigenvalue weighted by Gasteiger charge is 2.02. The molecular weight excluding hydrogens is 302 g/mol.